The first-order chi connectivity index (χ1) is 6.28. The Morgan fingerprint density at radius 3 is 2.07 bits per heavy atom. The van der Waals surface area contributed by atoms with Crippen molar-refractivity contribution in [1.29, 1.82) is 0 Å². The van der Waals surface area contributed by atoms with Crippen LogP contribution in [-0.2, 0) is 19.1 Å². The summed E-state index contributed by atoms with van der Waals surface area (Å²) in [5, 5.41) is 0. The number of ether oxygens (including phenoxy) is 2. The van der Waals surface area contributed by atoms with Crippen LogP contribution < -0.4 is 0 Å². The second kappa shape index (κ2) is 4.98. The summed E-state index contributed by atoms with van der Waals surface area (Å²) in [7, 11) is 0. The summed E-state index contributed by atoms with van der Waals surface area (Å²) >= 11 is 0. The van der Waals surface area contributed by atoms with Crippen molar-refractivity contribution in [2.45, 2.75) is 46.3 Å². The maximum absolute atomic E-state index is 11.5. The minimum atomic E-state index is -0.813. The van der Waals surface area contributed by atoms with E-state index in [1.165, 1.54) is 0 Å². The van der Waals surface area contributed by atoms with Gasteiger partial charge in [-0.25, -0.2) is 4.79 Å². The molecule has 0 radical (unpaired) electrons. The van der Waals surface area contributed by atoms with Crippen molar-refractivity contribution in [3.63, 3.8) is 0 Å². The van der Waals surface area contributed by atoms with Crippen LogP contribution in [0, 0.1) is 5.92 Å². The van der Waals surface area contributed by atoms with Gasteiger partial charge in [-0.05, 0) is 20.8 Å². The van der Waals surface area contributed by atoms with Gasteiger partial charge in [-0.1, -0.05) is 13.8 Å². The Bertz CT molecular complexity index is 203. The SMILES string of the molecule is CC(C)C(OC=O)C(=O)OC(C)(C)C. The zero-order valence-electron chi connectivity index (χ0n) is 9.37. The lowest BCUT2D eigenvalue weighted by Crippen LogP contribution is -2.36. The van der Waals surface area contributed by atoms with Gasteiger partial charge in [0, 0.05) is 5.92 Å². The fourth-order valence-electron chi connectivity index (χ4n) is 0.905. The summed E-state index contributed by atoms with van der Waals surface area (Å²) < 4.78 is 9.75. The number of hydrogen-bond acceptors (Lipinski definition) is 4. The molecule has 0 aliphatic carbocycles. The molecule has 0 aromatic rings. The van der Waals surface area contributed by atoms with Crippen LogP contribution in [0.3, 0.4) is 0 Å². The third kappa shape index (κ3) is 4.84. The molecule has 0 amide bonds. The summed E-state index contributed by atoms with van der Waals surface area (Å²) in [5.74, 6) is -0.588. The van der Waals surface area contributed by atoms with Crippen molar-refractivity contribution >= 4 is 12.4 Å². The molecule has 4 nitrogen and oxygen atoms in total. The van der Waals surface area contributed by atoms with Crippen LogP contribution in [0.5, 0.6) is 0 Å². The van der Waals surface area contributed by atoms with Crippen molar-refractivity contribution in [3.8, 4) is 0 Å². The zero-order chi connectivity index (χ0) is 11.4. The van der Waals surface area contributed by atoms with Gasteiger partial charge < -0.3 is 9.47 Å². The average molecular weight is 202 g/mol. The second-order valence-electron chi connectivity index (χ2n) is 4.43. The average Bonchev–Trinajstić information content (AvgIpc) is 1.95. The van der Waals surface area contributed by atoms with Crippen LogP contribution in [0.15, 0.2) is 0 Å². The molecule has 0 fully saturated rings. The van der Waals surface area contributed by atoms with E-state index >= 15 is 0 Å². The van der Waals surface area contributed by atoms with Gasteiger partial charge in [0.15, 0.2) is 0 Å². The molecule has 0 heterocycles. The number of carbonyl (C=O) groups is 2. The molecule has 1 unspecified atom stereocenters. The van der Waals surface area contributed by atoms with Crippen LogP contribution >= 0.6 is 0 Å². The van der Waals surface area contributed by atoms with E-state index in [-0.39, 0.29) is 12.4 Å². The van der Waals surface area contributed by atoms with Crippen LogP contribution in [0.4, 0.5) is 0 Å². The Hall–Kier alpha value is -1.06. The molecule has 0 rings (SSSR count). The summed E-state index contributed by atoms with van der Waals surface area (Å²) in [6, 6.07) is 0. The van der Waals surface area contributed by atoms with Crippen LogP contribution in [-0.4, -0.2) is 24.1 Å². The molecule has 1 atom stereocenters. The highest BCUT2D eigenvalue weighted by Crippen LogP contribution is 2.14. The highest BCUT2D eigenvalue weighted by molar-refractivity contribution is 5.76. The third-order valence-corrected chi connectivity index (χ3v) is 1.45. The van der Waals surface area contributed by atoms with Gasteiger partial charge in [0.25, 0.3) is 6.47 Å². The highest BCUT2D eigenvalue weighted by Gasteiger charge is 2.28. The van der Waals surface area contributed by atoms with E-state index in [4.69, 9.17) is 4.74 Å². The van der Waals surface area contributed by atoms with E-state index in [0.29, 0.717) is 0 Å². The molecule has 0 N–H and O–H groups in total. The molecule has 82 valence electrons. The molecular formula is C10H18O4. The molecule has 0 spiro atoms. The number of hydrogen-bond donors (Lipinski definition) is 0. The van der Waals surface area contributed by atoms with E-state index in [0.717, 1.165) is 0 Å². The van der Waals surface area contributed by atoms with Crippen molar-refractivity contribution < 1.29 is 19.1 Å². The van der Waals surface area contributed by atoms with Crippen molar-refractivity contribution in [1.82, 2.24) is 0 Å². The predicted octanol–water partition coefficient (Wildman–Crippen LogP) is 1.53. The van der Waals surface area contributed by atoms with E-state index in [2.05, 4.69) is 4.74 Å². The van der Waals surface area contributed by atoms with Crippen LogP contribution in [0.1, 0.15) is 34.6 Å². The quantitative estimate of drug-likeness (QED) is 0.512. The highest BCUT2D eigenvalue weighted by atomic mass is 16.6. The normalized spacial score (nSPS) is 13.6. The fourth-order valence-corrected chi connectivity index (χ4v) is 0.905. The smallest absolute Gasteiger partial charge is 0.348 e. The Labute approximate surface area is 84.6 Å². The minimum absolute atomic E-state index is 0.0879. The van der Waals surface area contributed by atoms with Gasteiger partial charge in [-0.2, -0.15) is 0 Å². The lowest BCUT2D eigenvalue weighted by Gasteiger charge is -2.24. The van der Waals surface area contributed by atoms with Crippen LogP contribution in [0.25, 0.3) is 0 Å². The largest absolute Gasteiger partial charge is 0.457 e. The molecule has 0 bridgehead atoms. The molecule has 0 aromatic carbocycles. The molecular weight excluding hydrogens is 184 g/mol. The number of rotatable bonds is 4. The predicted molar refractivity (Wildman–Crippen MR) is 51.6 cm³/mol. The van der Waals surface area contributed by atoms with Crippen molar-refractivity contribution in [3.05, 3.63) is 0 Å². The van der Waals surface area contributed by atoms with Gasteiger partial charge in [0.2, 0.25) is 6.10 Å². The van der Waals surface area contributed by atoms with E-state index in [9.17, 15) is 9.59 Å². The topological polar surface area (TPSA) is 52.6 Å². The van der Waals surface area contributed by atoms with Crippen molar-refractivity contribution in [2.75, 3.05) is 0 Å². The van der Waals surface area contributed by atoms with Crippen molar-refractivity contribution in [2.24, 2.45) is 5.92 Å². The van der Waals surface area contributed by atoms with E-state index in [1.54, 1.807) is 34.6 Å². The molecule has 14 heavy (non-hydrogen) atoms. The summed E-state index contributed by atoms with van der Waals surface area (Å²) in [6.45, 7) is 9.15. The van der Waals surface area contributed by atoms with E-state index < -0.39 is 17.7 Å². The van der Waals surface area contributed by atoms with Crippen LogP contribution in [0.2, 0.25) is 0 Å². The Balaban J connectivity index is 4.37. The molecule has 0 aliphatic heterocycles. The van der Waals surface area contributed by atoms with Gasteiger partial charge in [-0.3, -0.25) is 4.79 Å². The lowest BCUT2D eigenvalue weighted by molar-refractivity contribution is -0.173. The van der Waals surface area contributed by atoms with Gasteiger partial charge in [-0.15, -0.1) is 0 Å². The monoisotopic (exact) mass is 202 g/mol. The minimum Gasteiger partial charge on any atom is -0.457 e. The molecule has 4 heteroatoms. The Morgan fingerprint density at radius 1 is 1.29 bits per heavy atom. The maximum Gasteiger partial charge on any atom is 0.348 e. The summed E-state index contributed by atoms with van der Waals surface area (Å²) in [5.41, 5.74) is -0.559. The van der Waals surface area contributed by atoms with Gasteiger partial charge in [0.05, 0.1) is 0 Å². The Morgan fingerprint density at radius 2 is 1.79 bits per heavy atom. The standard InChI is InChI=1S/C10H18O4/c1-7(2)8(13-6-11)9(12)14-10(3,4)5/h6-8H,1-5H3. The molecule has 0 aliphatic rings. The number of carbonyl (C=O) groups excluding carboxylic acids is 2. The van der Waals surface area contributed by atoms with Gasteiger partial charge in [0.1, 0.15) is 5.60 Å². The Kier molecular flexibility index (Phi) is 4.60. The first-order valence-electron chi connectivity index (χ1n) is 4.60. The summed E-state index contributed by atoms with van der Waals surface area (Å²) in [4.78, 5) is 21.6. The first-order valence-corrected chi connectivity index (χ1v) is 4.60. The maximum atomic E-state index is 11.5. The zero-order valence-corrected chi connectivity index (χ0v) is 9.37. The molecule has 0 aromatic heterocycles. The first kappa shape index (κ1) is 12.9. The van der Waals surface area contributed by atoms with Gasteiger partial charge >= 0.3 is 5.97 Å². The third-order valence-electron chi connectivity index (χ3n) is 1.45. The lowest BCUT2D eigenvalue weighted by atomic mass is 10.1. The second-order valence-corrected chi connectivity index (χ2v) is 4.43. The van der Waals surface area contributed by atoms with E-state index in [1.807, 2.05) is 0 Å². The molecule has 0 saturated carbocycles. The fraction of sp³-hybridized carbons (Fsp3) is 0.800. The molecule has 0 saturated heterocycles. The summed E-state index contributed by atoms with van der Waals surface area (Å²) in [6.07, 6.45) is -0.813. The number of esters is 1.